The van der Waals surface area contributed by atoms with Crippen LogP contribution in [0.1, 0.15) is 203 Å². The van der Waals surface area contributed by atoms with Crippen LogP contribution in [0.5, 0.6) is 0 Å². The molecule has 4 aliphatic rings. The SMILES string of the molecule is CCCCCCCCCCCCCCCC(=O)O[C@H]1CC[C@@]2(C)C(=CC[C@H]3[C@@H]4CC[C@H]([C@H](C)CC[C@@H](C)C(C)C)[C@@]4(C)CC[C@@H]32)C1. The van der Waals surface area contributed by atoms with E-state index in [1.165, 1.54) is 128 Å². The third kappa shape index (κ3) is 9.67. The van der Waals surface area contributed by atoms with Crippen LogP contribution >= 0.6 is 0 Å². The minimum Gasteiger partial charge on any atom is -0.462 e. The summed E-state index contributed by atoms with van der Waals surface area (Å²) in [6.45, 7) is 17.5. The van der Waals surface area contributed by atoms with E-state index in [0.717, 1.165) is 60.7 Å². The van der Waals surface area contributed by atoms with E-state index in [-0.39, 0.29) is 12.1 Å². The fraction of sp³-hybridized carbons (Fsp3) is 0.932. The molecule has 0 aliphatic heterocycles. The second-order valence-corrected chi connectivity index (χ2v) is 18.1. The zero-order valence-electron chi connectivity index (χ0n) is 32.0. The second kappa shape index (κ2) is 18.3. The normalized spacial score (nSPS) is 33.6. The Hall–Kier alpha value is -0.790. The first-order valence-corrected chi connectivity index (χ1v) is 21.0. The molecular weight excluding hydrogens is 560 g/mol. The van der Waals surface area contributed by atoms with Crippen LogP contribution in [0.3, 0.4) is 0 Å². The number of ether oxygens (including phenoxy) is 1. The van der Waals surface area contributed by atoms with Crippen molar-refractivity contribution in [2.75, 3.05) is 0 Å². The van der Waals surface area contributed by atoms with Crippen molar-refractivity contribution in [3.8, 4) is 0 Å². The Bertz CT molecular complexity index is 934. The molecule has 0 N–H and O–H groups in total. The number of rotatable bonds is 20. The molecule has 0 aromatic rings. The van der Waals surface area contributed by atoms with Crippen LogP contribution in [0.15, 0.2) is 11.6 Å². The first kappa shape index (κ1) is 38.0. The lowest BCUT2D eigenvalue weighted by Gasteiger charge is -2.58. The van der Waals surface area contributed by atoms with Crippen LogP contribution in [0.2, 0.25) is 0 Å². The monoisotopic (exact) mass is 639 g/mol. The highest BCUT2D eigenvalue weighted by Crippen LogP contribution is 2.67. The first-order chi connectivity index (χ1) is 22.1. The van der Waals surface area contributed by atoms with Crippen LogP contribution in [0, 0.1) is 52.3 Å². The summed E-state index contributed by atoms with van der Waals surface area (Å²) in [6.07, 6.45) is 34.0. The van der Waals surface area contributed by atoms with Gasteiger partial charge in [0.05, 0.1) is 0 Å². The number of hydrogen-bond donors (Lipinski definition) is 0. The second-order valence-electron chi connectivity index (χ2n) is 18.1. The van der Waals surface area contributed by atoms with Crippen LogP contribution < -0.4 is 0 Å². The zero-order valence-corrected chi connectivity index (χ0v) is 32.0. The number of carbonyl (C=O) groups excluding carboxylic acids is 1. The van der Waals surface area contributed by atoms with Gasteiger partial charge in [-0.25, -0.2) is 0 Å². The quantitative estimate of drug-likeness (QED) is 0.0753. The van der Waals surface area contributed by atoms with Crippen molar-refractivity contribution in [1.29, 1.82) is 0 Å². The molecule has 4 aliphatic carbocycles. The van der Waals surface area contributed by atoms with Gasteiger partial charge in [0, 0.05) is 12.8 Å². The van der Waals surface area contributed by atoms with E-state index < -0.39 is 0 Å². The Balaban J connectivity index is 1.15. The van der Waals surface area contributed by atoms with E-state index in [1.807, 2.05) is 0 Å². The van der Waals surface area contributed by atoms with Crippen LogP contribution in [0.4, 0.5) is 0 Å². The average Bonchev–Trinajstić information content (AvgIpc) is 3.39. The van der Waals surface area contributed by atoms with Crippen molar-refractivity contribution in [1.82, 2.24) is 0 Å². The van der Waals surface area contributed by atoms with E-state index in [1.54, 1.807) is 5.57 Å². The van der Waals surface area contributed by atoms with E-state index in [2.05, 4.69) is 54.5 Å². The van der Waals surface area contributed by atoms with Gasteiger partial charge >= 0.3 is 5.97 Å². The summed E-state index contributed by atoms with van der Waals surface area (Å²) in [5, 5.41) is 0. The fourth-order valence-electron chi connectivity index (χ4n) is 11.3. The number of allylic oxidation sites excluding steroid dienone is 1. The summed E-state index contributed by atoms with van der Waals surface area (Å²) in [5.41, 5.74) is 2.52. The van der Waals surface area contributed by atoms with Crippen LogP contribution in [-0.4, -0.2) is 12.1 Å². The molecule has 0 heterocycles. The minimum absolute atomic E-state index is 0.0632. The van der Waals surface area contributed by atoms with E-state index in [0.29, 0.717) is 17.3 Å². The smallest absolute Gasteiger partial charge is 0.306 e. The molecule has 0 aromatic carbocycles. The van der Waals surface area contributed by atoms with Gasteiger partial charge in [-0.05, 0) is 104 Å². The van der Waals surface area contributed by atoms with E-state index >= 15 is 0 Å². The molecule has 266 valence electrons. The Morgan fingerprint density at radius 3 is 2.04 bits per heavy atom. The Labute approximate surface area is 287 Å². The maximum atomic E-state index is 12.8. The number of hydrogen-bond acceptors (Lipinski definition) is 2. The van der Waals surface area contributed by atoms with Crippen LogP contribution in [0.25, 0.3) is 0 Å². The average molecular weight is 639 g/mol. The number of unbranched alkanes of at least 4 members (excludes halogenated alkanes) is 12. The summed E-state index contributed by atoms with van der Waals surface area (Å²) >= 11 is 0. The lowest BCUT2D eigenvalue weighted by molar-refractivity contribution is -0.151. The molecule has 46 heavy (non-hydrogen) atoms. The zero-order chi connectivity index (χ0) is 33.2. The van der Waals surface area contributed by atoms with Gasteiger partial charge in [0.2, 0.25) is 0 Å². The van der Waals surface area contributed by atoms with Gasteiger partial charge in [0.1, 0.15) is 6.10 Å². The third-order valence-electron chi connectivity index (χ3n) is 14.8. The highest BCUT2D eigenvalue weighted by Gasteiger charge is 2.59. The summed E-state index contributed by atoms with van der Waals surface area (Å²) in [4.78, 5) is 12.8. The molecule has 3 saturated carbocycles. The molecule has 0 unspecified atom stereocenters. The van der Waals surface area contributed by atoms with Gasteiger partial charge in [-0.15, -0.1) is 0 Å². The third-order valence-corrected chi connectivity index (χ3v) is 14.8. The summed E-state index contributed by atoms with van der Waals surface area (Å²) < 4.78 is 6.13. The largest absolute Gasteiger partial charge is 0.462 e. The molecule has 0 saturated heterocycles. The van der Waals surface area contributed by atoms with Gasteiger partial charge in [-0.2, -0.15) is 0 Å². The predicted molar refractivity (Wildman–Crippen MR) is 198 cm³/mol. The molecular formula is C44H78O2. The number of fused-ring (bicyclic) bond motifs is 5. The predicted octanol–water partition coefficient (Wildman–Crippen LogP) is 13.7. The van der Waals surface area contributed by atoms with Crippen molar-refractivity contribution in [3.63, 3.8) is 0 Å². The number of esters is 1. The van der Waals surface area contributed by atoms with Crippen LogP contribution in [-0.2, 0) is 9.53 Å². The van der Waals surface area contributed by atoms with Crippen molar-refractivity contribution < 1.29 is 9.53 Å². The Morgan fingerprint density at radius 1 is 0.783 bits per heavy atom. The summed E-state index contributed by atoms with van der Waals surface area (Å²) in [5.74, 6) is 6.11. The standard InChI is InChI=1S/C44H78O2/c1-8-9-10-11-12-13-14-15-16-17-18-19-20-21-42(45)46-37-28-30-43(6)36(32-37)24-25-38-40-27-26-39(44(40,7)31-29-41(38)43)35(5)23-22-34(4)33(2)3/h24,33-35,37-41H,8-23,25-32H2,1-7H3/t34-,35-,37+,38+,39-,40+,41+,43+,44-/m1/s1. The van der Waals surface area contributed by atoms with E-state index in [4.69, 9.17) is 4.74 Å². The van der Waals surface area contributed by atoms with Crippen molar-refractivity contribution in [2.24, 2.45) is 52.3 Å². The van der Waals surface area contributed by atoms with Crippen molar-refractivity contribution >= 4 is 5.97 Å². The lowest BCUT2D eigenvalue weighted by Crippen LogP contribution is -2.51. The topological polar surface area (TPSA) is 26.3 Å². The van der Waals surface area contributed by atoms with Gasteiger partial charge in [-0.1, -0.05) is 150 Å². The first-order valence-electron chi connectivity index (χ1n) is 21.0. The summed E-state index contributed by atoms with van der Waals surface area (Å²) in [6, 6.07) is 0. The van der Waals surface area contributed by atoms with Gasteiger partial charge < -0.3 is 4.74 Å². The molecule has 0 radical (unpaired) electrons. The molecule has 2 nitrogen and oxygen atoms in total. The molecule has 0 spiro atoms. The molecule has 3 fully saturated rings. The highest BCUT2D eigenvalue weighted by atomic mass is 16.5. The van der Waals surface area contributed by atoms with Crippen molar-refractivity contribution in [2.45, 2.75) is 209 Å². The Kier molecular flexibility index (Phi) is 15.1. The maximum Gasteiger partial charge on any atom is 0.306 e. The minimum atomic E-state index is 0.0632. The molecule has 0 aromatic heterocycles. The highest BCUT2D eigenvalue weighted by molar-refractivity contribution is 5.69. The van der Waals surface area contributed by atoms with E-state index in [9.17, 15) is 4.79 Å². The van der Waals surface area contributed by atoms with Gasteiger partial charge in [0.15, 0.2) is 0 Å². The maximum absolute atomic E-state index is 12.8. The molecule has 9 atom stereocenters. The van der Waals surface area contributed by atoms with Crippen molar-refractivity contribution in [3.05, 3.63) is 11.6 Å². The summed E-state index contributed by atoms with van der Waals surface area (Å²) in [7, 11) is 0. The Morgan fingerprint density at radius 2 is 1.41 bits per heavy atom. The molecule has 0 bridgehead atoms. The fourth-order valence-corrected chi connectivity index (χ4v) is 11.3. The molecule has 0 amide bonds. The lowest BCUT2D eigenvalue weighted by atomic mass is 9.47. The van der Waals surface area contributed by atoms with Gasteiger partial charge in [0.25, 0.3) is 0 Å². The molecule has 2 heteroatoms. The van der Waals surface area contributed by atoms with Gasteiger partial charge in [-0.3, -0.25) is 4.79 Å². The number of carbonyl (C=O) groups is 1. The molecule has 4 rings (SSSR count).